The minimum atomic E-state index is -1.02. The summed E-state index contributed by atoms with van der Waals surface area (Å²) in [5, 5.41) is 15.3. The van der Waals surface area contributed by atoms with Crippen LogP contribution in [0.3, 0.4) is 0 Å². The molecular weight excluding hydrogens is 526 g/mol. The number of carboxylic acid groups (broad SMARTS) is 1. The van der Waals surface area contributed by atoms with Crippen LogP contribution in [0, 0.1) is 12.8 Å². The molecule has 11 nitrogen and oxygen atoms in total. The molecule has 3 N–H and O–H groups in total. The number of ether oxygens (including phenoxy) is 1. The Morgan fingerprint density at radius 1 is 0.927 bits per heavy atom. The largest absolute Gasteiger partial charge is 0.481 e. The Kier molecular flexibility index (Phi) is 8.72. The number of aliphatic carboxylic acids is 1. The fraction of sp³-hybridized carbons (Fsp3) is 0.467. The number of benzene rings is 2. The first-order valence-electron chi connectivity index (χ1n) is 14.2. The number of amides is 4. The molecule has 4 amide bonds. The van der Waals surface area contributed by atoms with E-state index in [1.54, 1.807) is 12.1 Å². The van der Waals surface area contributed by atoms with Gasteiger partial charge in [0.1, 0.15) is 0 Å². The molecule has 5 rings (SSSR count). The first-order chi connectivity index (χ1) is 19.8. The summed E-state index contributed by atoms with van der Waals surface area (Å²) < 4.78 is 5.36. The second kappa shape index (κ2) is 12.6. The third kappa shape index (κ3) is 7.15. The van der Waals surface area contributed by atoms with Crippen LogP contribution in [0.25, 0.3) is 0 Å². The Balaban J connectivity index is 1.31. The van der Waals surface area contributed by atoms with Gasteiger partial charge in [0.05, 0.1) is 37.1 Å². The number of carbonyl (C=O) groups excluding carboxylic acids is 3. The maximum atomic E-state index is 13.3. The summed E-state index contributed by atoms with van der Waals surface area (Å²) in [4.78, 5) is 56.3. The van der Waals surface area contributed by atoms with Gasteiger partial charge in [0.25, 0.3) is 5.91 Å². The molecule has 41 heavy (non-hydrogen) atoms. The average Bonchev–Trinajstić information content (AvgIpc) is 3.83. The summed E-state index contributed by atoms with van der Waals surface area (Å²) in [6.45, 7) is 6.49. The van der Waals surface area contributed by atoms with Crippen molar-refractivity contribution in [3.05, 3.63) is 59.2 Å². The van der Waals surface area contributed by atoms with E-state index in [0.29, 0.717) is 69.3 Å². The summed E-state index contributed by atoms with van der Waals surface area (Å²) in [5.74, 6) is -1.54. The van der Waals surface area contributed by atoms with Crippen molar-refractivity contribution in [2.75, 3.05) is 62.7 Å². The Labute approximate surface area is 239 Å². The molecule has 1 aliphatic carbocycles. The van der Waals surface area contributed by atoms with Crippen LogP contribution in [-0.4, -0.2) is 91.2 Å². The molecule has 2 aliphatic heterocycles. The molecule has 1 unspecified atom stereocenters. The number of hydrogen-bond acceptors (Lipinski definition) is 6. The van der Waals surface area contributed by atoms with E-state index in [4.69, 9.17) is 4.74 Å². The molecule has 0 radical (unpaired) electrons. The number of hydrogen-bond donors (Lipinski definition) is 3. The molecule has 0 spiro atoms. The second-order valence-electron chi connectivity index (χ2n) is 10.9. The van der Waals surface area contributed by atoms with Crippen molar-refractivity contribution in [1.82, 2.24) is 15.1 Å². The van der Waals surface area contributed by atoms with Crippen LogP contribution >= 0.6 is 0 Å². The molecule has 2 aromatic carbocycles. The van der Waals surface area contributed by atoms with Gasteiger partial charge >= 0.3 is 12.0 Å². The molecule has 0 aromatic heterocycles. The number of anilines is 2. The van der Waals surface area contributed by atoms with Gasteiger partial charge < -0.3 is 35.2 Å². The number of rotatable bonds is 8. The number of aryl methyl sites for hydroxylation is 1. The zero-order chi connectivity index (χ0) is 28.9. The number of urea groups is 1. The van der Waals surface area contributed by atoms with Crippen LogP contribution in [0.15, 0.2) is 42.5 Å². The topological polar surface area (TPSA) is 132 Å². The molecule has 3 aliphatic rings. The Bertz CT molecular complexity index is 1280. The highest BCUT2D eigenvalue weighted by Gasteiger charge is 2.32. The van der Waals surface area contributed by atoms with Gasteiger partial charge in [-0.2, -0.15) is 0 Å². The average molecular weight is 564 g/mol. The van der Waals surface area contributed by atoms with Crippen molar-refractivity contribution in [1.29, 1.82) is 0 Å². The van der Waals surface area contributed by atoms with E-state index in [1.807, 2.05) is 47.1 Å². The van der Waals surface area contributed by atoms with Gasteiger partial charge in [-0.3, -0.25) is 14.4 Å². The first-order valence-corrected chi connectivity index (χ1v) is 14.2. The van der Waals surface area contributed by atoms with Gasteiger partial charge in [-0.15, -0.1) is 0 Å². The van der Waals surface area contributed by atoms with E-state index in [-0.39, 0.29) is 24.3 Å². The van der Waals surface area contributed by atoms with E-state index >= 15 is 0 Å². The van der Waals surface area contributed by atoms with Crippen LogP contribution < -0.4 is 15.5 Å². The summed E-state index contributed by atoms with van der Waals surface area (Å²) in [6, 6.07) is 11.9. The molecule has 2 saturated heterocycles. The minimum Gasteiger partial charge on any atom is -0.481 e. The highest BCUT2D eigenvalue weighted by atomic mass is 16.5. The molecule has 0 bridgehead atoms. The van der Waals surface area contributed by atoms with Crippen molar-refractivity contribution in [3.8, 4) is 0 Å². The van der Waals surface area contributed by atoms with Gasteiger partial charge in [-0.1, -0.05) is 29.8 Å². The zero-order valence-corrected chi connectivity index (χ0v) is 23.3. The summed E-state index contributed by atoms with van der Waals surface area (Å²) >= 11 is 0. The van der Waals surface area contributed by atoms with Crippen LogP contribution in [0.4, 0.5) is 16.2 Å². The van der Waals surface area contributed by atoms with Crippen LogP contribution in [-0.2, 0) is 14.3 Å². The Morgan fingerprint density at radius 3 is 2.22 bits per heavy atom. The van der Waals surface area contributed by atoms with Crippen molar-refractivity contribution in [3.63, 3.8) is 0 Å². The molecular formula is C30H37N5O6. The molecule has 1 saturated carbocycles. The van der Waals surface area contributed by atoms with Crippen molar-refractivity contribution in [2.24, 2.45) is 5.92 Å². The van der Waals surface area contributed by atoms with Gasteiger partial charge in [-0.25, -0.2) is 4.79 Å². The number of piperazine rings is 1. The molecule has 1 atom stereocenters. The van der Waals surface area contributed by atoms with E-state index in [1.165, 1.54) is 0 Å². The molecule has 218 valence electrons. The highest BCUT2D eigenvalue weighted by molar-refractivity contribution is 6.01. The van der Waals surface area contributed by atoms with Crippen molar-refractivity contribution in [2.45, 2.75) is 32.2 Å². The van der Waals surface area contributed by atoms with E-state index in [0.717, 1.165) is 24.1 Å². The lowest BCUT2D eigenvalue weighted by Crippen LogP contribution is -2.54. The van der Waals surface area contributed by atoms with Crippen LogP contribution in [0.2, 0.25) is 0 Å². The van der Waals surface area contributed by atoms with Gasteiger partial charge in [0, 0.05) is 50.7 Å². The molecule has 3 fully saturated rings. The Hall–Kier alpha value is -4.12. The third-order valence-electron chi connectivity index (χ3n) is 7.80. The summed E-state index contributed by atoms with van der Waals surface area (Å²) in [7, 11) is 0. The maximum absolute atomic E-state index is 13.3. The van der Waals surface area contributed by atoms with E-state index < -0.39 is 17.9 Å². The summed E-state index contributed by atoms with van der Waals surface area (Å²) in [6.07, 6.45) is 1.43. The van der Waals surface area contributed by atoms with Gasteiger partial charge in [0.15, 0.2) is 0 Å². The lowest BCUT2D eigenvalue weighted by molar-refractivity contribution is -0.137. The molecule has 11 heteroatoms. The summed E-state index contributed by atoms with van der Waals surface area (Å²) in [5.41, 5.74) is 3.38. The van der Waals surface area contributed by atoms with E-state index in [2.05, 4.69) is 15.5 Å². The van der Waals surface area contributed by atoms with Crippen molar-refractivity contribution >= 4 is 35.2 Å². The minimum absolute atomic E-state index is 0.0201. The first kappa shape index (κ1) is 28.4. The highest BCUT2D eigenvalue weighted by Crippen LogP contribution is 2.34. The SMILES string of the molecule is Cc1ccc(C(CC(=O)O)NC(=O)c2ccc(N3CCN(C(=O)N4CCOCC4)CC3)c(NC(=O)C3CC3)c2)cc1. The lowest BCUT2D eigenvalue weighted by atomic mass is 10.0. The normalized spacial score (nSPS) is 18.0. The smallest absolute Gasteiger partial charge is 0.320 e. The third-order valence-corrected chi connectivity index (χ3v) is 7.80. The molecule has 2 heterocycles. The maximum Gasteiger partial charge on any atom is 0.320 e. The quantitative estimate of drug-likeness (QED) is 0.450. The fourth-order valence-corrected chi connectivity index (χ4v) is 5.19. The van der Waals surface area contributed by atoms with Crippen LogP contribution in [0.5, 0.6) is 0 Å². The second-order valence-corrected chi connectivity index (χ2v) is 10.9. The number of carboxylic acids is 1. The fourth-order valence-electron chi connectivity index (χ4n) is 5.19. The van der Waals surface area contributed by atoms with E-state index in [9.17, 15) is 24.3 Å². The monoisotopic (exact) mass is 563 g/mol. The standard InChI is InChI=1S/C30H37N5O6/c1-20-2-4-21(5-3-20)24(19-27(36)37)31-29(39)23-8-9-26(25(18-23)32-28(38)22-6-7-22)33-10-12-34(13-11-33)30(40)35-14-16-41-17-15-35/h2-5,8-9,18,22,24H,6-7,10-17,19H2,1H3,(H,31,39)(H,32,38)(H,36,37). The lowest BCUT2D eigenvalue weighted by Gasteiger charge is -2.39. The predicted molar refractivity (Wildman–Crippen MR) is 153 cm³/mol. The van der Waals surface area contributed by atoms with Crippen molar-refractivity contribution < 1.29 is 29.0 Å². The number of nitrogens with one attached hydrogen (secondary N) is 2. The Morgan fingerprint density at radius 2 is 1.59 bits per heavy atom. The zero-order valence-electron chi connectivity index (χ0n) is 23.3. The predicted octanol–water partition coefficient (Wildman–Crippen LogP) is 2.86. The number of nitrogens with zero attached hydrogens (tertiary/aromatic N) is 3. The number of carbonyl (C=O) groups is 4. The van der Waals surface area contributed by atoms with Gasteiger partial charge in [0.2, 0.25) is 5.91 Å². The van der Waals surface area contributed by atoms with Gasteiger partial charge in [-0.05, 0) is 43.5 Å². The number of morpholine rings is 1. The molecule has 2 aromatic rings. The van der Waals surface area contributed by atoms with Crippen LogP contribution in [0.1, 0.15) is 46.8 Å².